The second kappa shape index (κ2) is 4.78. The van der Waals surface area contributed by atoms with Crippen LogP contribution in [0, 0.1) is 5.41 Å². The molecule has 92 valence electrons. The first-order valence-electron chi connectivity index (χ1n) is 5.72. The number of benzene rings is 1. The van der Waals surface area contributed by atoms with Crippen molar-refractivity contribution in [1.82, 2.24) is 0 Å². The minimum atomic E-state index is -0.424. The first kappa shape index (κ1) is 12.6. The van der Waals surface area contributed by atoms with E-state index in [4.69, 9.17) is 5.90 Å². The molecule has 0 amide bonds. The fourth-order valence-corrected chi connectivity index (χ4v) is 2.85. The molecule has 2 atom stereocenters. The highest BCUT2D eigenvalue weighted by atomic mass is 79.9. The third-order valence-electron chi connectivity index (χ3n) is 3.68. The second-order valence-electron chi connectivity index (χ2n) is 4.96. The van der Waals surface area contributed by atoms with Crippen LogP contribution in [-0.4, -0.2) is 5.97 Å². The molecule has 0 bridgehead atoms. The molecule has 17 heavy (non-hydrogen) atoms. The molecular formula is C13H16BrNO2. The minimum Gasteiger partial charge on any atom is -0.373 e. The van der Waals surface area contributed by atoms with E-state index in [-0.39, 0.29) is 5.97 Å². The van der Waals surface area contributed by atoms with Gasteiger partial charge in [-0.1, -0.05) is 28.1 Å². The van der Waals surface area contributed by atoms with Crippen LogP contribution in [0.15, 0.2) is 28.7 Å². The molecule has 0 aliphatic heterocycles. The van der Waals surface area contributed by atoms with Crippen LogP contribution in [0.4, 0.5) is 0 Å². The summed E-state index contributed by atoms with van der Waals surface area (Å²) in [4.78, 5) is 16.0. The molecule has 1 aromatic rings. The van der Waals surface area contributed by atoms with Gasteiger partial charge < -0.3 is 4.84 Å². The molecule has 2 rings (SSSR count). The molecule has 1 aliphatic rings. The molecule has 0 spiro atoms. The zero-order valence-electron chi connectivity index (χ0n) is 9.78. The summed E-state index contributed by atoms with van der Waals surface area (Å²) < 4.78 is 1.07. The summed E-state index contributed by atoms with van der Waals surface area (Å²) in [7, 11) is 0. The van der Waals surface area contributed by atoms with Gasteiger partial charge in [0.15, 0.2) is 0 Å². The summed E-state index contributed by atoms with van der Waals surface area (Å²) in [5.41, 5.74) is 0.855. The predicted molar refractivity (Wildman–Crippen MR) is 69.1 cm³/mol. The highest BCUT2D eigenvalue weighted by Gasteiger charge is 2.42. The second-order valence-corrected chi connectivity index (χ2v) is 5.87. The SMILES string of the molecule is C[C@@]1(C(=O)ON)CC[C@H](c2ccc(Br)cc2)C1. The van der Waals surface area contributed by atoms with Gasteiger partial charge in [-0.2, -0.15) is 5.90 Å². The van der Waals surface area contributed by atoms with Gasteiger partial charge >= 0.3 is 5.97 Å². The maximum Gasteiger partial charge on any atom is 0.330 e. The molecule has 1 aromatic carbocycles. The van der Waals surface area contributed by atoms with Crippen LogP contribution in [0.2, 0.25) is 0 Å². The zero-order valence-corrected chi connectivity index (χ0v) is 11.4. The van der Waals surface area contributed by atoms with Crippen LogP contribution in [0.5, 0.6) is 0 Å². The maximum absolute atomic E-state index is 11.6. The lowest BCUT2D eigenvalue weighted by Gasteiger charge is -2.20. The summed E-state index contributed by atoms with van der Waals surface area (Å²) in [6.07, 6.45) is 2.65. The van der Waals surface area contributed by atoms with Crippen molar-refractivity contribution in [3.63, 3.8) is 0 Å². The van der Waals surface area contributed by atoms with E-state index in [1.54, 1.807) is 0 Å². The van der Waals surface area contributed by atoms with Crippen LogP contribution in [0.3, 0.4) is 0 Å². The van der Waals surface area contributed by atoms with E-state index < -0.39 is 5.41 Å². The highest BCUT2D eigenvalue weighted by Crippen LogP contribution is 2.47. The Hall–Kier alpha value is -0.870. The molecule has 1 fully saturated rings. The minimum absolute atomic E-state index is 0.294. The van der Waals surface area contributed by atoms with E-state index >= 15 is 0 Å². The Morgan fingerprint density at radius 2 is 2.12 bits per heavy atom. The van der Waals surface area contributed by atoms with Crippen molar-refractivity contribution in [3.8, 4) is 0 Å². The standard InChI is InChI=1S/C13H16BrNO2/c1-13(12(16)17-15)7-6-10(8-13)9-2-4-11(14)5-3-9/h2-5,10H,6-8,15H2,1H3/t10-,13+/m0/s1. The number of carbonyl (C=O) groups is 1. The van der Waals surface area contributed by atoms with E-state index in [2.05, 4.69) is 32.9 Å². The quantitative estimate of drug-likeness (QED) is 0.853. The van der Waals surface area contributed by atoms with E-state index in [0.29, 0.717) is 5.92 Å². The number of carbonyl (C=O) groups excluding carboxylic acids is 1. The molecule has 0 saturated heterocycles. The smallest absolute Gasteiger partial charge is 0.330 e. The molecule has 3 nitrogen and oxygen atoms in total. The maximum atomic E-state index is 11.6. The van der Waals surface area contributed by atoms with Crippen LogP contribution < -0.4 is 5.90 Å². The first-order valence-corrected chi connectivity index (χ1v) is 6.51. The lowest BCUT2D eigenvalue weighted by Crippen LogP contribution is -2.29. The number of halogens is 1. The Kier molecular flexibility index (Phi) is 3.54. The Morgan fingerprint density at radius 3 is 2.71 bits per heavy atom. The summed E-state index contributed by atoms with van der Waals surface area (Å²) in [6.45, 7) is 1.93. The van der Waals surface area contributed by atoms with Gasteiger partial charge in [0.1, 0.15) is 0 Å². The van der Waals surface area contributed by atoms with Gasteiger partial charge in [-0.15, -0.1) is 0 Å². The number of nitrogens with two attached hydrogens (primary N) is 1. The number of hydrogen-bond acceptors (Lipinski definition) is 3. The average Bonchev–Trinajstić information content (AvgIpc) is 2.73. The van der Waals surface area contributed by atoms with Crippen molar-refractivity contribution >= 4 is 21.9 Å². The molecule has 0 heterocycles. The Balaban J connectivity index is 2.12. The van der Waals surface area contributed by atoms with E-state index in [0.717, 1.165) is 23.7 Å². The normalized spacial score (nSPS) is 28.1. The zero-order chi connectivity index (χ0) is 12.5. The highest BCUT2D eigenvalue weighted by molar-refractivity contribution is 9.10. The monoisotopic (exact) mass is 297 g/mol. The Bertz CT molecular complexity index is 418. The van der Waals surface area contributed by atoms with Crippen molar-refractivity contribution < 1.29 is 9.63 Å². The average molecular weight is 298 g/mol. The van der Waals surface area contributed by atoms with Crippen molar-refractivity contribution in [1.29, 1.82) is 0 Å². The Labute approximate surface area is 109 Å². The van der Waals surface area contributed by atoms with Crippen molar-refractivity contribution in [2.45, 2.75) is 32.1 Å². The van der Waals surface area contributed by atoms with Crippen molar-refractivity contribution in [3.05, 3.63) is 34.3 Å². The lowest BCUT2D eigenvalue weighted by molar-refractivity contribution is -0.155. The molecule has 1 aliphatic carbocycles. The topological polar surface area (TPSA) is 52.3 Å². The van der Waals surface area contributed by atoms with Crippen molar-refractivity contribution in [2.75, 3.05) is 0 Å². The van der Waals surface area contributed by atoms with Gasteiger partial charge in [0.25, 0.3) is 0 Å². The van der Waals surface area contributed by atoms with Gasteiger partial charge in [0.05, 0.1) is 5.41 Å². The van der Waals surface area contributed by atoms with Crippen molar-refractivity contribution in [2.24, 2.45) is 11.3 Å². The summed E-state index contributed by atoms with van der Waals surface area (Å²) >= 11 is 3.42. The third kappa shape index (κ3) is 2.53. The molecule has 1 saturated carbocycles. The third-order valence-corrected chi connectivity index (χ3v) is 4.21. The largest absolute Gasteiger partial charge is 0.373 e. The van der Waals surface area contributed by atoms with Crippen LogP contribution in [0.1, 0.15) is 37.7 Å². The number of rotatable bonds is 2. The van der Waals surface area contributed by atoms with Crippen LogP contribution in [0.25, 0.3) is 0 Å². The van der Waals surface area contributed by atoms with Gasteiger partial charge in [0, 0.05) is 4.47 Å². The number of hydrogen-bond donors (Lipinski definition) is 1. The molecule has 4 heteroatoms. The van der Waals surface area contributed by atoms with E-state index in [1.165, 1.54) is 5.56 Å². The first-order chi connectivity index (χ1) is 8.05. The fraction of sp³-hybridized carbons (Fsp3) is 0.462. The fourth-order valence-electron chi connectivity index (χ4n) is 2.59. The molecule has 0 radical (unpaired) electrons. The van der Waals surface area contributed by atoms with E-state index in [1.807, 2.05) is 19.1 Å². The van der Waals surface area contributed by atoms with E-state index in [9.17, 15) is 4.79 Å². The summed E-state index contributed by atoms with van der Waals surface area (Å²) in [5, 5.41) is 0. The Morgan fingerprint density at radius 1 is 1.47 bits per heavy atom. The van der Waals surface area contributed by atoms with Gasteiger partial charge in [-0.3, -0.25) is 0 Å². The summed E-state index contributed by atoms with van der Waals surface area (Å²) in [6, 6.07) is 8.28. The van der Waals surface area contributed by atoms with Crippen LogP contribution >= 0.6 is 15.9 Å². The predicted octanol–water partition coefficient (Wildman–Crippen LogP) is 3.14. The molecular weight excluding hydrogens is 282 g/mol. The lowest BCUT2D eigenvalue weighted by atomic mass is 9.86. The van der Waals surface area contributed by atoms with Crippen LogP contribution in [-0.2, 0) is 9.63 Å². The van der Waals surface area contributed by atoms with Gasteiger partial charge in [-0.25, -0.2) is 4.79 Å². The summed E-state index contributed by atoms with van der Waals surface area (Å²) in [5.74, 6) is 5.11. The molecule has 0 aromatic heterocycles. The van der Waals surface area contributed by atoms with Gasteiger partial charge in [-0.05, 0) is 49.8 Å². The molecule has 0 unspecified atom stereocenters. The molecule has 2 N–H and O–H groups in total. The van der Waals surface area contributed by atoms with Gasteiger partial charge in [0.2, 0.25) is 0 Å².